The van der Waals surface area contributed by atoms with Gasteiger partial charge in [-0.15, -0.1) is 0 Å². The first-order valence-corrected chi connectivity index (χ1v) is 19.6. The number of methoxy groups -OCH3 is 2. The quantitative estimate of drug-likeness (QED) is 0.137. The van der Waals surface area contributed by atoms with Crippen molar-refractivity contribution >= 4 is 31.7 Å². The Labute approximate surface area is 289 Å². The Hall–Kier alpha value is -2.34. The van der Waals surface area contributed by atoms with Crippen molar-refractivity contribution in [1.82, 2.24) is 9.73 Å². The highest BCUT2D eigenvalue weighted by atomic mass is 79.9. The minimum Gasteiger partial charge on any atom is -0.497 e. The van der Waals surface area contributed by atoms with Crippen LogP contribution in [0, 0.1) is 5.92 Å². The maximum atomic E-state index is 13.1. The molecule has 9 nitrogen and oxygen atoms in total. The number of halogens is 1. The predicted molar refractivity (Wildman–Crippen MR) is 189 cm³/mol. The molecule has 2 aromatic carbocycles. The molecule has 4 atom stereocenters. The average Bonchev–Trinajstić information content (AvgIpc) is 3.34. The molecular formula is C36H52BrN3O6S. The van der Waals surface area contributed by atoms with Crippen LogP contribution in [0.5, 0.6) is 17.2 Å². The van der Waals surface area contributed by atoms with Gasteiger partial charge in [0, 0.05) is 35.7 Å². The second-order valence-corrected chi connectivity index (χ2v) is 16.0. The van der Waals surface area contributed by atoms with Crippen molar-refractivity contribution in [3.63, 3.8) is 0 Å². The van der Waals surface area contributed by atoms with E-state index in [1.165, 1.54) is 81.7 Å². The molecule has 260 valence electrons. The Morgan fingerprint density at radius 1 is 1.04 bits per heavy atom. The summed E-state index contributed by atoms with van der Waals surface area (Å²) < 4.78 is 44.7. The second-order valence-electron chi connectivity index (χ2n) is 13.5. The lowest BCUT2D eigenvalue weighted by molar-refractivity contribution is 0.0411. The van der Waals surface area contributed by atoms with Gasteiger partial charge in [0.1, 0.15) is 27.8 Å². The summed E-state index contributed by atoms with van der Waals surface area (Å²) in [7, 11) is -0.641. The zero-order valence-electron chi connectivity index (χ0n) is 28.4. The van der Waals surface area contributed by atoms with Gasteiger partial charge in [-0.3, -0.25) is 4.90 Å². The number of nitrogens with zero attached hydrogens (tertiary/aromatic N) is 2. The number of unbranched alkanes of at least 4 members (excludes halogenated alkanes) is 8. The normalized spacial score (nSPS) is 24.7. The van der Waals surface area contributed by atoms with Crippen molar-refractivity contribution in [2.24, 2.45) is 11.0 Å². The molecule has 2 heterocycles. The molecule has 1 aliphatic carbocycles. The van der Waals surface area contributed by atoms with E-state index < -0.39 is 10.0 Å². The fourth-order valence-corrected chi connectivity index (χ4v) is 9.39. The SMILES string of the molecule is CCCCCCCCCCCN1Cc2cc(OC)c(Br)c3c2[C@@]2(C[C@H]1CO)[C@H](C)CC(=NNS(=O)(=O)c1ccc(OC)cc1)C[C@H]2O3. The number of sulfonamides is 1. The van der Waals surface area contributed by atoms with Gasteiger partial charge in [-0.1, -0.05) is 65.2 Å². The first-order valence-electron chi connectivity index (χ1n) is 17.3. The number of ether oxygens (including phenoxy) is 3. The highest BCUT2D eigenvalue weighted by Crippen LogP contribution is 2.60. The van der Waals surface area contributed by atoms with Crippen LogP contribution in [-0.4, -0.2) is 63.7 Å². The molecule has 2 N–H and O–H groups in total. The Morgan fingerprint density at radius 2 is 1.72 bits per heavy atom. The van der Waals surface area contributed by atoms with E-state index >= 15 is 0 Å². The summed E-state index contributed by atoms with van der Waals surface area (Å²) in [6, 6.07) is 8.36. The molecule has 1 fully saturated rings. The monoisotopic (exact) mass is 733 g/mol. The Kier molecular flexibility index (Phi) is 12.2. The van der Waals surface area contributed by atoms with Crippen LogP contribution in [0.25, 0.3) is 0 Å². The van der Waals surface area contributed by atoms with Crippen molar-refractivity contribution in [3.8, 4) is 17.2 Å². The highest BCUT2D eigenvalue weighted by molar-refractivity contribution is 9.10. The van der Waals surface area contributed by atoms with Crippen LogP contribution in [0.15, 0.2) is 44.8 Å². The van der Waals surface area contributed by atoms with Gasteiger partial charge >= 0.3 is 0 Å². The summed E-state index contributed by atoms with van der Waals surface area (Å²) in [6.45, 7) is 6.20. The zero-order valence-corrected chi connectivity index (χ0v) is 30.8. The molecular weight excluding hydrogens is 682 g/mol. The maximum Gasteiger partial charge on any atom is 0.276 e. The number of hydrogen-bond acceptors (Lipinski definition) is 8. The van der Waals surface area contributed by atoms with Gasteiger partial charge in [-0.05, 0) is 83.6 Å². The number of rotatable bonds is 16. The largest absolute Gasteiger partial charge is 0.497 e. The van der Waals surface area contributed by atoms with Gasteiger partial charge in [0.05, 0.1) is 25.7 Å². The number of benzene rings is 2. The van der Waals surface area contributed by atoms with Crippen LogP contribution in [-0.2, 0) is 22.0 Å². The fourth-order valence-electron chi connectivity index (χ4n) is 7.98. The molecule has 0 amide bonds. The van der Waals surface area contributed by atoms with Gasteiger partial charge in [-0.2, -0.15) is 13.5 Å². The summed E-state index contributed by atoms with van der Waals surface area (Å²) >= 11 is 3.78. The molecule has 5 rings (SSSR count). The summed E-state index contributed by atoms with van der Waals surface area (Å²) in [5, 5.41) is 15.3. The van der Waals surface area contributed by atoms with Crippen LogP contribution in [0.2, 0.25) is 0 Å². The van der Waals surface area contributed by atoms with E-state index in [-0.39, 0.29) is 35.0 Å². The predicted octanol–water partition coefficient (Wildman–Crippen LogP) is 7.33. The number of nitrogens with one attached hydrogen (secondary N) is 1. The molecule has 0 saturated heterocycles. The van der Waals surface area contributed by atoms with Gasteiger partial charge in [0.25, 0.3) is 10.0 Å². The molecule has 0 bridgehead atoms. The van der Waals surface area contributed by atoms with Gasteiger partial charge in [0.15, 0.2) is 0 Å². The maximum absolute atomic E-state index is 13.1. The lowest BCUT2D eigenvalue weighted by atomic mass is 9.59. The molecule has 2 aliphatic heterocycles. The van der Waals surface area contributed by atoms with E-state index in [0.29, 0.717) is 18.6 Å². The van der Waals surface area contributed by atoms with Crippen LogP contribution in [0.3, 0.4) is 0 Å². The first kappa shape index (κ1) is 36.0. The van der Waals surface area contributed by atoms with Crippen LogP contribution < -0.4 is 19.0 Å². The Balaban J connectivity index is 1.35. The van der Waals surface area contributed by atoms with E-state index in [4.69, 9.17) is 14.2 Å². The Bertz CT molecular complexity index is 1500. The van der Waals surface area contributed by atoms with E-state index in [2.05, 4.69) is 50.7 Å². The molecule has 11 heteroatoms. The highest BCUT2D eigenvalue weighted by Gasteiger charge is 2.59. The molecule has 0 aromatic heterocycles. The zero-order chi connectivity index (χ0) is 33.6. The smallest absolute Gasteiger partial charge is 0.276 e. The van der Waals surface area contributed by atoms with Gasteiger partial charge < -0.3 is 19.3 Å². The van der Waals surface area contributed by atoms with Crippen LogP contribution in [0.4, 0.5) is 0 Å². The molecule has 0 radical (unpaired) electrons. The third-order valence-electron chi connectivity index (χ3n) is 10.5. The van der Waals surface area contributed by atoms with Crippen molar-refractivity contribution in [2.45, 2.75) is 120 Å². The van der Waals surface area contributed by atoms with E-state index in [1.54, 1.807) is 19.2 Å². The lowest BCUT2D eigenvalue weighted by Gasteiger charge is -2.45. The topological polar surface area (TPSA) is 110 Å². The van der Waals surface area contributed by atoms with Crippen molar-refractivity contribution in [2.75, 3.05) is 27.4 Å². The lowest BCUT2D eigenvalue weighted by Crippen LogP contribution is -2.53. The molecule has 2 aromatic rings. The molecule has 0 unspecified atom stereocenters. The first-order chi connectivity index (χ1) is 22.7. The van der Waals surface area contributed by atoms with E-state index in [9.17, 15) is 13.5 Å². The standard InChI is InChI=1S/C36H52BrN3O6S/c1-5-6-7-8-9-10-11-12-13-18-40-23-26-20-31(45-4)34(37)35-33(26)36(22-28(40)24-41)25(2)19-27(21-32(36)46-35)38-39-47(42,43)30-16-14-29(44-3)15-17-30/h14-17,20,25,28,32,39,41H,5-13,18-19,21-24H2,1-4H3/t25-,28+,32-,36+/m1/s1. The third-order valence-corrected chi connectivity index (χ3v) is 12.5. The van der Waals surface area contributed by atoms with E-state index in [0.717, 1.165) is 47.6 Å². The summed E-state index contributed by atoms with van der Waals surface area (Å²) in [6.07, 6.45) is 13.1. The third kappa shape index (κ3) is 7.63. The number of aliphatic hydroxyl groups is 1. The number of hydrogen-bond donors (Lipinski definition) is 2. The second kappa shape index (κ2) is 15.9. The van der Waals surface area contributed by atoms with Gasteiger partial charge in [-0.25, -0.2) is 4.83 Å². The minimum atomic E-state index is -3.85. The Morgan fingerprint density at radius 3 is 2.36 bits per heavy atom. The van der Waals surface area contributed by atoms with Crippen molar-refractivity contribution in [1.29, 1.82) is 0 Å². The van der Waals surface area contributed by atoms with Crippen molar-refractivity contribution < 1.29 is 27.7 Å². The molecule has 3 aliphatic rings. The van der Waals surface area contributed by atoms with Crippen LogP contribution in [0.1, 0.15) is 102 Å². The molecule has 1 spiro atoms. The fraction of sp³-hybridized carbons (Fsp3) is 0.639. The summed E-state index contributed by atoms with van der Waals surface area (Å²) in [5.41, 5.74) is 2.78. The minimum absolute atomic E-state index is 0.0206. The summed E-state index contributed by atoms with van der Waals surface area (Å²) in [5.74, 6) is 2.20. The number of aliphatic hydroxyl groups excluding tert-OH is 1. The molecule has 47 heavy (non-hydrogen) atoms. The van der Waals surface area contributed by atoms with Crippen LogP contribution >= 0.6 is 15.9 Å². The number of hydrazone groups is 1. The van der Waals surface area contributed by atoms with Gasteiger partial charge in [0.2, 0.25) is 0 Å². The molecule has 1 saturated carbocycles. The van der Waals surface area contributed by atoms with Crippen molar-refractivity contribution in [3.05, 3.63) is 45.9 Å². The summed E-state index contributed by atoms with van der Waals surface area (Å²) in [4.78, 5) is 5.05. The average molecular weight is 735 g/mol. The van der Waals surface area contributed by atoms with E-state index in [1.807, 2.05) is 0 Å².